The molecule has 0 aliphatic carbocycles. The Balaban J connectivity index is 1.82. The quantitative estimate of drug-likeness (QED) is 0.801. The van der Waals surface area contributed by atoms with E-state index in [1.54, 1.807) is 0 Å². The van der Waals surface area contributed by atoms with E-state index < -0.39 is 0 Å². The summed E-state index contributed by atoms with van der Waals surface area (Å²) in [5, 5.41) is 4.36. The summed E-state index contributed by atoms with van der Waals surface area (Å²) >= 11 is 6.37. The number of halogens is 1. The van der Waals surface area contributed by atoms with Gasteiger partial charge < -0.3 is 9.97 Å². The molecule has 2 aromatic carbocycles. The molecule has 1 aliphatic heterocycles. The van der Waals surface area contributed by atoms with Crippen molar-refractivity contribution in [3.63, 3.8) is 0 Å². The maximum atomic E-state index is 6.40. The minimum absolute atomic E-state index is 0.0762. The van der Waals surface area contributed by atoms with Gasteiger partial charge in [-0.1, -0.05) is 61.3 Å². The summed E-state index contributed by atoms with van der Waals surface area (Å²) in [5.41, 5.74) is 4.75. The second-order valence-electron chi connectivity index (χ2n) is 6.96. The fraction of sp³-hybridized carbons (Fsp3) is 0.429. The topological polar surface area (TPSA) is 21.3 Å². The van der Waals surface area contributed by atoms with E-state index in [0.29, 0.717) is 6.04 Å². The Bertz CT molecular complexity index is 683. The lowest BCUT2D eigenvalue weighted by Gasteiger charge is -2.25. The molecule has 0 saturated carbocycles. The van der Waals surface area contributed by atoms with Crippen LogP contribution in [0, 0.1) is 6.92 Å². The Hall–Kier alpha value is -1.29. The molecule has 2 nitrogen and oxygen atoms in total. The number of piperidine rings is 1. The fourth-order valence-electron chi connectivity index (χ4n) is 3.36. The van der Waals surface area contributed by atoms with Crippen LogP contribution < -0.4 is 16.2 Å². The van der Waals surface area contributed by atoms with Crippen LogP contribution in [0.4, 0.5) is 0 Å². The molecule has 1 heterocycles. The van der Waals surface area contributed by atoms with Crippen molar-refractivity contribution in [3.8, 4) is 0 Å². The van der Waals surface area contributed by atoms with Gasteiger partial charge >= 0.3 is 6.92 Å². The minimum atomic E-state index is -0.0762. The molecule has 0 bridgehead atoms. The summed E-state index contributed by atoms with van der Waals surface area (Å²) in [6.45, 7) is 5.96. The van der Waals surface area contributed by atoms with Crippen LogP contribution in [-0.4, -0.2) is 26.1 Å². The normalized spacial score (nSPS) is 17.5. The Labute approximate surface area is 157 Å². The second kappa shape index (κ2) is 8.89. The van der Waals surface area contributed by atoms with Gasteiger partial charge in [0, 0.05) is 17.7 Å². The van der Waals surface area contributed by atoms with E-state index in [0.717, 1.165) is 35.6 Å². The van der Waals surface area contributed by atoms with Crippen molar-refractivity contribution >= 4 is 29.4 Å². The molecule has 2 aromatic rings. The first kappa shape index (κ1) is 18.5. The van der Waals surface area contributed by atoms with Crippen LogP contribution in [0.15, 0.2) is 42.5 Å². The molecule has 4 heteroatoms. The van der Waals surface area contributed by atoms with Gasteiger partial charge in [-0.3, -0.25) is 0 Å². The lowest BCUT2D eigenvalue weighted by molar-refractivity contribution is 0.246. The van der Waals surface area contributed by atoms with Gasteiger partial charge in [0.25, 0.3) is 0 Å². The Morgan fingerprint density at radius 2 is 1.88 bits per heavy atom. The van der Waals surface area contributed by atoms with E-state index in [1.165, 1.54) is 30.3 Å². The predicted molar refractivity (Wildman–Crippen MR) is 109 cm³/mol. The fourth-order valence-corrected chi connectivity index (χ4v) is 3.55. The van der Waals surface area contributed by atoms with Gasteiger partial charge in [0.1, 0.15) is 0 Å². The Morgan fingerprint density at radius 1 is 1.12 bits per heavy atom. The summed E-state index contributed by atoms with van der Waals surface area (Å²) < 4.78 is 6.40. The highest BCUT2D eigenvalue weighted by molar-refractivity contribution is 6.80. The highest BCUT2D eigenvalue weighted by Gasteiger charge is 2.24. The van der Waals surface area contributed by atoms with Crippen molar-refractivity contribution < 1.29 is 4.65 Å². The maximum absolute atomic E-state index is 6.40. The Kier molecular flexibility index (Phi) is 6.58. The van der Waals surface area contributed by atoms with Crippen LogP contribution in [-0.2, 0) is 11.1 Å². The Morgan fingerprint density at radius 3 is 2.52 bits per heavy atom. The van der Waals surface area contributed by atoms with Crippen LogP contribution in [0.2, 0.25) is 5.02 Å². The molecule has 1 saturated heterocycles. The van der Waals surface area contributed by atoms with Gasteiger partial charge in [0.15, 0.2) is 0 Å². The average Bonchev–Trinajstić information content (AvgIpc) is 2.66. The molecule has 1 atom stereocenters. The van der Waals surface area contributed by atoms with Gasteiger partial charge in [-0.15, -0.1) is 0 Å². The lowest BCUT2D eigenvalue weighted by Crippen LogP contribution is -2.48. The van der Waals surface area contributed by atoms with Crippen molar-refractivity contribution in [2.24, 2.45) is 0 Å². The van der Waals surface area contributed by atoms with E-state index in [4.69, 9.17) is 16.3 Å². The summed E-state index contributed by atoms with van der Waals surface area (Å²) in [4.78, 5) is 0. The summed E-state index contributed by atoms with van der Waals surface area (Å²) in [6, 6.07) is 15.5. The number of aryl methyl sites for hydroxylation is 2. The third kappa shape index (κ3) is 4.87. The number of benzene rings is 2. The van der Waals surface area contributed by atoms with E-state index in [9.17, 15) is 0 Å². The number of hydrogen-bond acceptors (Lipinski definition) is 2. The molecule has 132 valence electrons. The van der Waals surface area contributed by atoms with Gasteiger partial charge in [0.2, 0.25) is 0 Å². The number of nitrogens with one attached hydrogen (secondary N) is 1. The zero-order valence-electron chi connectivity index (χ0n) is 15.2. The van der Waals surface area contributed by atoms with Crippen LogP contribution in [0.1, 0.15) is 37.3 Å². The van der Waals surface area contributed by atoms with Crippen LogP contribution in [0.3, 0.4) is 0 Å². The molecule has 25 heavy (non-hydrogen) atoms. The molecular formula is C21H27BClNO. The van der Waals surface area contributed by atoms with Crippen LogP contribution in [0.5, 0.6) is 0 Å². The van der Waals surface area contributed by atoms with Crippen molar-refractivity contribution in [3.05, 3.63) is 58.6 Å². The molecule has 0 aromatic heterocycles. The van der Waals surface area contributed by atoms with E-state index in [-0.39, 0.29) is 6.92 Å². The van der Waals surface area contributed by atoms with E-state index in [2.05, 4.69) is 48.6 Å². The predicted octanol–water partition coefficient (Wildman–Crippen LogP) is 3.48. The third-order valence-electron chi connectivity index (χ3n) is 5.07. The van der Waals surface area contributed by atoms with Gasteiger partial charge in [-0.2, -0.15) is 0 Å². The second-order valence-corrected chi connectivity index (χ2v) is 7.37. The molecule has 0 radical (unpaired) electrons. The van der Waals surface area contributed by atoms with Crippen molar-refractivity contribution in [1.29, 1.82) is 0 Å². The number of rotatable bonds is 6. The van der Waals surface area contributed by atoms with Crippen molar-refractivity contribution in [2.45, 2.75) is 45.6 Å². The lowest BCUT2D eigenvalue weighted by atomic mass is 9.55. The first-order valence-electron chi connectivity index (χ1n) is 9.37. The first-order valence-corrected chi connectivity index (χ1v) is 9.75. The van der Waals surface area contributed by atoms with Crippen LogP contribution in [0.25, 0.3) is 0 Å². The summed E-state index contributed by atoms with van der Waals surface area (Å²) in [5.74, 6) is 0. The molecule has 1 N–H and O–H groups in total. The standard InChI is InChI=1S/C21H27BClNO/c1-3-17-8-11-18(12-9-17)22(19-10-7-16(2)21(23)14-19)25-15-20-6-4-5-13-24-20/h7-12,14,20,24H,3-6,13,15H2,1-2H3. The molecule has 0 spiro atoms. The molecule has 1 fully saturated rings. The van der Waals surface area contributed by atoms with Crippen molar-refractivity contribution in [2.75, 3.05) is 13.2 Å². The average molecular weight is 356 g/mol. The van der Waals surface area contributed by atoms with Gasteiger partial charge in [-0.25, -0.2) is 0 Å². The molecule has 1 aliphatic rings. The zero-order chi connectivity index (χ0) is 17.6. The summed E-state index contributed by atoms with van der Waals surface area (Å²) in [6.07, 6.45) is 4.80. The SMILES string of the molecule is CCc1ccc(B(OCC2CCCCN2)c2ccc(C)c(Cl)c2)cc1. The van der Waals surface area contributed by atoms with Crippen molar-refractivity contribution in [1.82, 2.24) is 5.32 Å². The molecule has 3 rings (SSSR count). The van der Waals surface area contributed by atoms with E-state index >= 15 is 0 Å². The summed E-state index contributed by atoms with van der Waals surface area (Å²) in [7, 11) is 0. The largest absolute Gasteiger partial charge is 0.425 e. The smallest absolute Gasteiger partial charge is 0.361 e. The maximum Gasteiger partial charge on any atom is 0.361 e. The van der Waals surface area contributed by atoms with Gasteiger partial charge in [0.05, 0.1) is 0 Å². The van der Waals surface area contributed by atoms with Gasteiger partial charge in [-0.05, 0) is 60.8 Å². The highest BCUT2D eigenvalue weighted by Crippen LogP contribution is 2.13. The molecule has 0 amide bonds. The minimum Gasteiger partial charge on any atom is -0.425 e. The highest BCUT2D eigenvalue weighted by atomic mass is 35.5. The monoisotopic (exact) mass is 355 g/mol. The molecule has 1 unspecified atom stereocenters. The zero-order valence-corrected chi connectivity index (χ0v) is 16.0. The number of hydrogen-bond donors (Lipinski definition) is 1. The third-order valence-corrected chi connectivity index (χ3v) is 5.47. The first-order chi connectivity index (χ1) is 12.2. The molecular weight excluding hydrogens is 329 g/mol. The van der Waals surface area contributed by atoms with Crippen LogP contribution >= 0.6 is 11.6 Å². The van der Waals surface area contributed by atoms with E-state index in [1.807, 2.05) is 13.0 Å².